The molecular formula is C17H29N5O4. The summed E-state index contributed by atoms with van der Waals surface area (Å²) in [6, 6.07) is 1.68. The van der Waals surface area contributed by atoms with Crippen molar-refractivity contribution >= 4 is 11.9 Å². The highest BCUT2D eigenvalue weighted by molar-refractivity contribution is 5.63. The van der Waals surface area contributed by atoms with Gasteiger partial charge in [0.2, 0.25) is 0 Å². The van der Waals surface area contributed by atoms with Crippen LogP contribution in [0.25, 0.3) is 0 Å². The van der Waals surface area contributed by atoms with Crippen molar-refractivity contribution in [3.05, 3.63) is 12.2 Å². The minimum atomic E-state index is -0.833. The molecule has 2 bridgehead atoms. The lowest BCUT2D eigenvalue weighted by atomic mass is 9.82. The number of carboxylic acids is 2. The molecular weight excluding hydrogens is 338 g/mol. The van der Waals surface area contributed by atoms with E-state index in [0.29, 0.717) is 0 Å². The van der Waals surface area contributed by atoms with Crippen molar-refractivity contribution in [2.24, 2.45) is 11.8 Å². The third-order valence-electron chi connectivity index (χ3n) is 5.32. The number of aliphatic carboxylic acids is 2. The first-order chi connectivity index (χ1) is 12.3. The highest BCUT2D eigenvalue weighted by Gasteiger charge is 2.54. The van der Waals surface area contributed by atoms with E-state index in [1.807, 2.05) is 13.3 Å². The molecule has 146 valence electrons. The van der Waals surface area contributed by atoms with Crippen LogP contribution >= 0.6 is 0 Å². The number of nitrogens with zero attached hydrogens (tertiary/aromatic N) is 4. The van der Waals surface area contributed by atoms with Crippen LogP contribution in [0.2, 0.25) is 0 Å². The molecule has 4 rings (SSSR count). The average Bonchev–Trinajstić information content (AvgIpc) is 3.25. The van der Waals surface area contributed by atoms with Gasteiger partial charge in [0.05, 0.1) is 0 Å². The van der Waals surface area contributed by atoms with Crippen LogP contribution < -0.4 is 5.32 Å². The molecule has 3 saturated heterocycles. The minimum absolute atomic E-state index is 0.833. The molecule has 0 radical (unpaired) electrons. The van der Waals surface area contributed by atoms with Crippen molar-refractivity contribution < 1.29 is 19.8 Å². The van der Waals surface area contributed by atoms with E-state index in [2.05, 4.69) is 25.0 Å². The van der Waals surface area contributed by atoms with Gasteiger partial charge in [-0.15, -0.1) is 10.2 Å². The standard InChI is InChI=1S/C13H21N5.2C2H4O2/c1-9-16-15-8-17(9)4-5-18-12-2-3-13(18)11-7-14-6-10(11)12;2*1-2(3)4/h8,10-14H,2-7H2,1H3;2*1H3,(H,3,4)/t10-,11+,12-,13+;;. The highest BCUT2D eigenvalue weighted by Crippen LogP contribution is 2.46. The maximum Gasteiger partial charge on any atom is 0.300 e. The number of nitrogens with one attached hydrogen (secondary N) is 1. The van der Waals surface area contributed by atoms with Gasteiger partial charge in [0.1, 0.15) is 12.2 Å². The van der Waals surface area contributed by atoms with Gasteiger partial charge in [-0.25, -0.2) is 0 Å². The van der Waals surface area contributed by atoms with E-state index in [0.717, 1.165) is 50.1 Å². The Bertz CT molecular complexity index is 582. The zero-order valence-electron chi connectivity index (χ0n) is 15.6. The zero-order valence-corrected chi connectivity index (χ0v) is 15.6. The van der Waals surface area contributed by atoms with Gasteiger partial charge < -0.3 is 20.1 Å². The Morgan fingerprint density at radius 1 is 1.12 bits per heavy atom. The van der Waals surface area contributed by atoms with Crippen molar-refractivity contribution in [3.63, 3.8) is 0 Å². The quantitative estimate of drug-likeness (QED) is 0.704. The van der Waals surface area contributed by atoms with Gasteiger partial charge in [0, 0.05) is 39.0 Å². The summed E-state index contributed by atoms with van der Waals surface area (Å²) >= 11 is 0. The number of hydrogen-bond acceptors (Lipinski definition) is 6. The highest BCUT2D eigenvalue weighted by atomic mass is 16.4. The van der Waals surface area contributed by atoms with Crippen LogP contribution in [0.3, 0.4) is 0 Å². The van der Waals surface area contributed by atoms with E-state index in [9.17, 15) is 0 Å². The third-order valence-corrected chi connectivity index (χ3v) is 5.32. The average molecular weight is 367 g/mol. The molecule has 0 aliphatic carbocycles. The first-order valence-corrected chi connectivity index (χ1v) is 9.01. The van der Waals surface area contributed by atoms with Gasteiger partial charge >= 0.3 is 0 Å². The molecule has 0 spiro atoms. The molecule has 0 unspecified atom stereocenters. The molecule has 4 atom stereocenters. The van der Waals surface area contributed by atoms with Crippen LogP contribution in [-0.2, 0) is 16.1 Å². The molecule has 1 aromatic rings. The molecule has 0 aromatic carbocycles. The van der Waals surface area contributed by atoms with Gasteiger partial charge in [-0.1, -0.05) is 0 Å². The Morgan fingerprint density at radius 3 is 2.04 bits per heavy atom. The normalized spacial score (nSPS) is 28.6. The predicted molar refractivity (Wildman–Crippen MR) is 94.7 cm³/mol. The van der Waals surface area contributed by atoms with Crippen LogP contribution in [0.5, 0.6) is 0 Å². The van der Waals surface area contributed by atoms with Crippen LogP contribution in [-0.4, -0.2) is 73.5 Å². The van der Waals surface area contributed by atoms with Crippen molar-refractivity contribution in [1.82, 2.24) is 25.0 Å². The van der Waals surface area contributed by atoms with E-state index in [1.165, 1.54) is 32.5 Å². The summed E-state index contributed by atoms with van der Waals surface area (Å²) in [6.07, 6.45) is 4.68. The lowest BCUT2D eigenvalue weighted by Gasteiger charge is -2.24. The fourth-order valence-electron chi connectivity index (χ4n) is 4.49. The molecule has 0 saturated carbocycles. The second-order valence-corrected chi connectivity index (χ2v) is 7.05. The van der Waals surface area contributed by atoms with Crippen molar-refractivity contribution in [3.8, 4) is 0 Å². The van der Waals surface area contributed by atoms with E-state index in [4.69, 9.17) is 19.8 Å². The molecule has 9 heteroatoms. The number of rotatable bonds is 3. The Balaban J connectivity index is 0.000000261. The summed E-state index contributed by atoms with van der Waals surface area (Å²) in [7, 11) is 0. The topological polar surface area (TPSA) is 121 Å². The number of carbonyl (C=O) groups is 2. The lowest BCUT2D eigenvalue weighted by Crippen LogP contribution is -2.36. The van der Waals surface area contributed by atoms with E-state index >= 15 is 0 Å². The largest absolute Gasteiger partial charge is 0.481 e. The SMILES string of the molecule is CC(=O)O.CC(=O)O.Cc1nncn1CCN1[C@@H]2CC[C@H]1[C@H]1CNC[C@H]12. The Kier molecular flexibility index (Phi) is 7.10. The van der Waals surface area contributed by atoms with E-state index in [-0.39, 0.29) is 0 Å². The van der Waals surface area contributed by atoms with Crippen LogP contribution in [0, 0.1) is 18.8 Å². The second kappa shape index (κ2) is 9.09. The first-order valence-electron chi connectivity index (χ1n) is 9.01. The summed E-state index contributed by atoms with van der Waals surface area (Å²) in [5.41, 5.74) is 0. The minimum Gasteiger partial charge on any atom is -0.481 e. The maximum absolute atomic E-state index is 9.00. The van der Waals surface area contributed by atoms with Crippen LogP contribution in [0.15, 0.2) is 6.33 Å². The molecule has 3 N–H and O–H groups in total. The van der Waals surface area contributed by atoms with Gasteiger partial charge in [-0.2, -0.15) is 0 Å². The van der Waals surface area contributed by atoms with Gasteiger partial charge in [0.15, 0.2) is 0 Å². The fourth-order valence-corrected chi connectivity index (χ4v) is 4.49. The predicted octanol–water partition coefficient (Wildman–Crippen LogP) is 0.451. The number of aryl methyl sites for hydroxylation is 1. The summed E-state index contributed by atoms with van der Waals surface area (Å²) in [5, 5.41) is 26.4. The van der Waals surface area contributed by atoms with E-state index in [1.54, 1.807) is 0 Å². The van der Waals surface area contributed by atoms with E-state index < -0.39 is 11.9 Å². The number of hydrogen-bond donors (Lipinski definition) is 3. The van der Waals surface area contributed by atoms with Gasteiger partial charge in [-0.05, 0) is 44.7 Å². The summed E-state index contributed by atoms with van der Waals surface area (Å²) in [5.74, 6) is 1.21. The van der Waals surface area contributed by atoms with Crippen molar-refractivity contribution in [1.29, 1.82) is 0 Å². The number of fused-ring (bicyclic) bond motifs is 5. The van der Waals surface area contributed by atoms with Gasteiger partial charge in [-0.3, -0.25) is 14.5 Å². The second-order valence-electron chi connectivity index (χ2n) is 7.05. The smallest absolute Gasteiger partial charge is 0.300 e. The van der Waals surface area contributed by atoms with Gasteiger partial charge in [0.25, 0.3) is 11.9 Å². The maximum atomic E-state index is 9.00. The molecule has 26 heavy (non-hydrogen) atoms. The molecule has 4 heterocycles. The zero-order chi connectivity index (χ0) is 19.3. The molecule has 1 aromatic heterocycles. The monoisotopic (exact) mass is 367 g/mol. The van der Waals surface area contributed by atoms with Crippen LogP contribution in [0.1, 0.15) is 32.5 Å². The molecule has 3 fully saturated rings. The number of carboxylic acid groups (broad SMARTS) is 2. The summed E-state index contributed by atoms with van der Waals surface area (Å²) in [6.45, 7) is 8.89. The molecule has 3 aliphatic rings. The van der Waals surface area contributed by atoms with Crippen molar-refractivity contribution in [2.75, 3.05) is 19.6 Å². The number of aromatic nitrogens is 3. The molecule has 9 nitrogen and oxygen atoms in total. The third kappa shape index (κ3) is 5.01. The molecule has 0 amide bonds. The summed E-state index contributed by atoms with van der Waals surface area (Å²) in [4.78, 5) is 20.8. The fraction of sp³-hybridized carbons (Fsp3) is 0.765. The Hall–Kier alpha value is -2.00. The Labute approximate surface area is 153 Å². The first kappa shape index (κ1) is 20.3. The van der Waals surface area contributed by atoms with Crippen molar-refractivity contribution in [2.45, 2.75) is 52.2 Å². The molecule has 3 aliphatic heterocycles. The Morgan fingerprint density at radius 2 is 1.62 bits per heavy atom. The lowest BCUT2D eigenvalue weighted by molar-refractivity contribution is -0.135. The van der Waals surface area contributed by atoms with Crippen LogP contribution in [0.4, 0.5) is 0 Å². The summed E-state index contributed by atoms with van der Waals surface area (Å²) < 4.78 is 2.17.